The van der Waals surface area contributed by atoms with Gasteiger partial charge in [-0.3, -0.25) is 14.3 Å². The first-order valence-corrected chi connectivity index (χ1v) is 9.89. The molecule has 2 aromatic rings. The van der Waals surface area contributed by atoms with Crippen molar-refractivity contribution in [2.24, 2.45) is 0 Å². The summed E-state index contributed by atoms with van der Waals surface area (Å²) in [7, 11) is -3.41. The standard InChI is InChI=1S/C18H21N3O4S/c1-26(24,25)21-16-9-5-8-15(13-16)18(23)20-11-10-19-17(22)12-14-6-3-2-4-7-14/h2-9,13,21H,10-12H2,1H3,(H,19,22)(H,20,23). The van der Waals surface area contributed by atoms with E-state index >= 15 is 0 Å². The number of carbonyl (C=O) groups is 2. The topological polar surface area (TPSA) is 104 Å². The van der Waals surface area contributed by atoms with Gasteiger partial charge in [0.1, 0.15) is 0 Å². The largest absolute Gasteiger partial charge is 0.354 e. The summed E-state index contributed by atoms with van der Waals surface area (Å²) in [5, 5.41) is 5.41. The number of hydrogen-bond donors (Lipinski definition) is 3. The van der Waals surface area contributed by atoms with Gasteiger partial charge in [0.25, 0.3) is 5.91 Å². The van der Waals surface area contributed by atoms with Crippen molar-refractivity contribution in [3.8, 4) is 0 Å². The number of anilines is 1. The maximum atomic E-state index is 12.1. The lowest BCUT2D eigenvalue weighted by atomic mass is 10.1. The Morgan fingerprint density at radius 1 is 0.923 bits per heavy atom. The molecule has 0 unspecified atom stereocenters. The number of carbonyl (C=O) groups excluding carboxylic acids is 2. The van der Waals surface area contributed by atoms with Crippen LogP contribution in [0.15, 0.2) is 54.6 Å². The average molecular weight is 375 g/mol. The van der Waals surface area contributed by atoms with Crippen molar-refractivity contribution in [3.05, 3.63) is 65.7 Å². The van der Waals surface area contributed by atoms with Crippen molar-refractivity contribution in [2.75, 3.05) is 24.1 Å². The molecule has 7 nitrogen and oxygen atoms in total. The lowest BCUT2D eigenvalue weighted by molar-refractivity contribution is -0.120. The quantitative estimate of drug-likeness (QED) is 0.602. The number of amides is 2. The minimum atomic E-state index is -3.41. The predicted molar refractivity (Wildman–Crippen MR) is 100 cm³/mol. The molecule has 0 saturated carbocycles. The number of benzene rings is 2. The second-order valence-electron chi connectivity index (χ2n) is 5.72. The van der Waals surface area contributed by atoms with Gasteiger partial charge in [0, 0.05) is 24.3 Å². The van der Waals surface area contributed by atoms with E-state index in [-0.39, 0.29) is 24.8 Å². The normalized spacial score (nSPS) is 10.8. The van der Waals surface area contributed by atoms with Gasteiger partial charge in [-0.25, -0.2) is 8.42 Å². The van der Waals surface area contributed by atoms with E-state index < -0.39 is 10.0 Å². The molecule has 2 rings (SSSR count). The predicted octanol–water partition coefficient (Wildman–Crippen LogP) is 1.15. The molecule has 3 N–H and O–H groups in total. The third-order valence-electron chi connectivity index (χ3n) is 3.37. The first-order chi connectivity index (χ1) is 12.3. The number of hydrogen-bond acceptors (Lipinski definition) is 4. The van der Waals surface area contributed by atoms with Crippen LogP contribution < -0.4 is 15.4 Å². The molecule has 0 saturated heterocycles. The summed E-state index contributed by atoms with van der Waals surface area (Å²) in [6, 6.07) is 15.5. The summed E-state index contributed by atoms with van der Waals surface area (Å²) in [5.41, 5.74) is 1.56. The van der Waals surface area contributed by atoms with Crippen LogP contribution in [0, 0.1) is 0 Å². The van der Waals surface area contributed by atoms with E-state index in [9.17, 15) is 18.0 Å². The number of rotatable bonds is 8. The Kier molecular flexibility index (Phi) is 6.74. The SMILES string of the molecule is CS(=O)(=O)Nc1cccc(C(=O)NCCNC(=O)Cc2ccccc2)c1. The second-order valence-corrected chi connectivity index (χ2v) is 7.47. The van der Waals surface area contributed by atoms with E-state index in [1.54, 1.807) is 18.2 Å². The van der Waals surface area contributed by atoms with Crippen LogP contribution in [0.3, 0.4) is 0 Å². The van der Waals surface area contributed by atoms with Crippen molar-refractivity contribution in [1.82, 2.24) is 10.6 Å². The molecule has 0 atom stereocenters. The molecule has 0 aliphatic heterocycles. The van der Waals surface area contributed by atoms with Crippen LogP contribution in [-0.2, 0) is 21.2 Å². The van der Waals surface area contributed by atoms with Gasteiger partial charge < -0.3 is 10.6 Å². The van der Waals surface area contributed by atoms with Gasteiger partial charge in [0.15, 0.2) is 0 Å². The van der Waals surface area contributed by atoms with Crippen LogP contribution in [-0.4, -0.2) is 39.6 Å². The Labute approximate surface area is 152 Å². The highest BCUT2D eigenvalue weighted by Gasteiger charge is 2.08. The summed E-state index contributed by atoms with van der Waals surface area (Å²) >= 11 is 0. The van der Waals surface area contributed by atoms with Crippen LogP contribution >= 0.6 is 0 Å². The summed E-state index contributed by atoms with van der Waals surface area (Å²) in [6.45, 7) is 0.571. The van der Waals surface area contributed by atoms with Gasteiger partial charge in [-0.15, -0.1) is 0 Å². The highest BCUT2D eigenvalue weighted by molar-refractivity contribution is 7.92. The lowest BCUT2D eigenvalue weighted by Gasteiger charge is -2.09. The monoisotopic (exact) mass is 375 g/mol. The molecule has 8 heteroatoms. The minimum Gasteiger partial charge on any atom is -0.354 e. The fourth-order valence-corrected chi connectivity index (χ4v) is 2.82. The van der Waals surface area contributed by atoms with Gasteiger partial charge in [0.05, 0.1) is 12.7 Å². The first-order valence-electron chi connectivity index (χ1n) is 8.00. The van der Waals surface area contributed by atoms with E-state index in [1.165, 1.54) is 6.07 Å². The Balaban J connectivity index is 1.76. The molecule has 0 fully saturated rings. The molecule has 2 aromatic carbocycles. The van der Waals surface area contributed by atoms with Crippen molar-refractivity contribution >= 4 is 27.5 Å². The smallest absolute Gasteiger partial charge is 0.251 e. The first kappa shape index (κ1) is 19.5. The van der Waals surface area contributed by atoms with Gasteiger partial charge in [0.2, 0.25) is 15.9 Å². The number of sulfonamides is 1. The van der Waals surface area contributed by atoms with Crippen LogP contribution in [0.2, 0.25) is 0 Å². The van der Waals surface area contributed by atoms with Crippen LogP contribution in [0.4, 0.5) is 5.69 Å². The highest BCUT2D eigenvalue weighted by atomic mass is 32.2. The highest BCUT2D eigenvalue weighted by Crippen LogP contribution is 2.11. The van der Waals surface area contributed by atoms with Crippen LogP contribution in [0.25, 0.3) is 0 Å². The Morgan fingerprint density at radius 2 is 1.62 bits per heavy atom. The van der Waals surface area contributed by atoms with Gasteiger partial charge in [-0.05, 0) is 23.8 Å². The molecule has 0 heterocycles. The molecule has 0 spiro atoms. The molecule has 26 heavy (non-hydrogen) atoms. The van der Waals surface area contributed by atoms with Crippen molar-refractivity contribution in [2.45, 2.75) is 6.42 Å². The third kappa shape index (κ3) is 6.94. The van der Waals surface area contributed by atoms with Crippen molar-refractivity contribution in [1.29, 1.82) is 0 Å². The van der Waals surface area contributed by atoms with E-state index in [4.69, 9.17) is 0 Å². The van der Waals surface area contributed by atoms with Gasteiger partial charge in [-0.2, -0.15) is 0 Å². The summed E-state index contributed by atoms with van der Waals surface area (Å²) < 4.78 is 24.8. The minimum absolute atomic E-state index is 0.121. The summed E-state index contributed by atoms with van der Waals surface area (Å²) in [5.74, 6) is -0.468. The van der Waals surface area contributed by atoms with E-state index in [0.29, 0.717) is 17.8 Å². The van der Waals surface area contributed by atoms with Crippen LogP contribution in [0.1, 0.15) is 15.9 Å². The molecular formula is C18H21N3O4S. The second kappa shape index (κ2) is 9.00. The zero-order valence-corrected chi connectivity index (χ0v) is 15.2. The van der Waals surface area contributed by atoms with Gasteiger partial charge >= 0.3 is 0 Å². The van der Waals surface area contributed by atoms with Crippen molar-refractivity contribution < 1.29 is 18.0 Å². The zero-order chi connectivity index (χ0) is 19.0. The molecule has 138 valence electrons. The maximum absolute atomic E-state index is 12.1. The molecule has 0 aromatic heterocycles. The molecule has 0 aliphatic rings. The molecule has 0 radical (unpaired) electrons. The Morgan fingerprint density at radius 3 is 2.31 bits per heavy atom. The van der Waals surface area contributed by atoms with E-state index in [2.05, 4.69) is 15.4 Å². The van der Waals surface area contributed by atoms with Crippen LogP contribution in [0.5, 0.6) is 0 Å². The fourth-order valence-electron chi connectivity index (χ4n) is 2.26. The Bertz CT molecular complexity index is 867. The molecular weight excluding hydrogens is 354 g/mol. The molecule has 0 aliphatic carbocycles. The van der Waals surface area contributed by atoms with E-state index in [0.717, 1.165) is 11.8 Å². The molecule has 2 amide bonds. The third-order valence-corrected chi connectivity index (χ3v) is 3.97. The van der Waals surface area contributed by atoms with Crippen molar-refractivity contribution in [3.63, 3.8) is 0 Å². The zero-order valence-electron chi connectivity index (χ0n) is 14.4. The maximum Gasteiger partial charge on any atom is 0.251 e. The Hall–Kier alpha value is -2.87. The lowest BCUT2D eigenvalue weighted by Crippen LogP contribution is -2.35. The molecule has 0 bridgehead atoms. The fraction of sp³-hybridized carbons (Fsp3) is 0.222. The van der Waals surface area contributed by atoms with E-state index in [1.807, 2.05) is 30.3 Å². The average Bonchev–Trinajstić information content (AvgIpc) is 2.58. The summed E-state index contributed by atoms with van der Waals surface area (Å²) in [4.78, 5) is 23.9. The van der Waals surface area contributed by atoms with Gasteiger partial charge in [-0.1, -0.05) is 36.4 Å². The number of nitrogens with one attached hydrogen (secondary N) is 3. The summed E-state index contributed by atoms with van der Waals surface area (Å²) in [6.07, 6.45) is 1.33.